The van der Waals surface area contributed by atoms with Crippen molar-refractivity contribution in [2.24, 2.45) is 0 Å². The molecule has 2 atom stereocenters. The van der Waals surface area contributed by atoms with Crippen LogP contribution in [0.1, 0.15) is 51.3 Å². The molecule has 0 bridgehead atoms. The zero-order chi connectivity index (χ0) is 15.0. The van der Waals surface area contributed by atoms with Gasteiger partial charge in [0.2, 0.25) is 0 Å². The van der Waals surface area contributed by atoms with E-state index in [4.69, 9.17) is 0 Å². The first-order valence-corrected chi connectivity index (χ1v) is 8.18. The number of aliphatic hydroxyl groups excluding tert-OH is 1. The van der Waals surface area contributed by atoms with E-state index in [0.717, 1.165) is 50.8 Å². The van der Waals surface area contributed by atoms with E-state index >= 15 is 0 Å². The summed E-state index contributed by atoms with van der Waals surface area (Å²) in [6.45, 7) is 11.4. The summed E-state index contributed by atoms with van der Waals surface area (Å²) in [5, 5.41) is 18.9. The van der Waals surface area contributed by atoms with Crippen LogP contribution < -0.4 is 0 Å². The number of likely N-dealkylation sites (tertiary alicyclic amines) is 1. The molecule has 1 saturated heterocycles. The molecule has 0 aliphatic carbocycles. The predicted octanol–water partition coefficient (Wildman–Crippen LogP) is 1.02. The molecule has 1 aromatic heterocycles. The Kier molecular flexibility index (Phi) is 4.28. The third-order valence-electron chi connectivity index (χ3n) is 4.68. The maximum absolute atomic E-state index is 10.0. The third kappa shape index (κ3) is 2.84. The topological polar surface area (TPSA) is 57.4 Å². The van der Waals surface area contributed by atoms with Crippen LogP contribution in [0.3, 0.4) is 0 Å². The van der Waals surface area contributed by atoms with Gasteiger partial charge in [0.15, 0.2) is 5.82 Å². The lowest BCUT2D eigenvalue weighted by Gasteiger charge is -2.31. The Balaban J connectivity index is 1.81. The van der Waals surface area contributed by atoms with Crippen molar-refractivity contribution in [2.45, 2.75) is 64.9 Å². The molecule has 0 radical (unpaired) electrons. The van der Waals surface area contributed by atoms with Gasteiger partial charge in [0, 0.05) is 25.7 Å². The van der Waals surface area contributed by atoms with Crippen LogP contribution >= 0.6 is 0 Å². The molecule has 2 aliphatic heterocycles. The zero-order valence-electron chi connectivity index (χ0n) is 13.4. The minimum Gasteiger partial charge on any atom is -0.392 e. The zero-order valence-corrected chi connectivity index (χ0v) is 13.4. The van der Waals surface area contributed by atoms with Crippen LogP contribution in [0.5, 0.6) is 0 Å². The first-order chi connectivity index (χ1) is 10.1. The molecule has 0 unspecified atom stereocenters. The molecular weight excluding hydrogens is 266 g/mol. The second-order valence-electron chi connectivity index (χ2n) is 6.60. The average molecular weight is 293 g/mol. The van der Waals surface area contributed by atoms with E-state index in [2.05, 4.69) is 45.3 Å². The molecule has 0 aromatic carbocycles. The molecule has 3 heterocycles. The van der Waals surface area contributed by atoms with Gasteiger partial charge in [0.25, 0.3) is 0 Å². The minimum atomic E-state index is -0.245. The van der Waals surface area contributed by atoms with E-state index in [1.807, 2.05) is 0 Å². The SMILES string of the molecule is CCCN1CCn2c(nnc2[C@@H]2C[C@H](O)CN2C(C)C)C1. The van der Waals surface area contributed by atoms with Crippen molar-refractivity contribution in [2.75, 3.05) is 19.6 Å². The lowest BCUT2D eigenvalue weighted by Crippen LogP contribution is -2.37. The van der Waals surface area contributed by atoms with Crippen molar-refractivity contribution >= 4 is 0 Å². The van der Waals surface area contributed by atoms with Crippen LogP contribution in [-0.4, -0.2) is 61.5 Å². The summed E-state index contributed by atoms with van der Waals surface area (Å²) in [4.78, 5) is 4.79. The van der Waals surface area contributed by atoms with Gasteiger partial charge in [-0.25, -0.2) is 0 Å². The van der Waals surface area contributed by atoms with E-state index in [1.165, 1.54) is 6.42 Å². The molecule has 0 saturated carbocycles. The highest BCUT2D eigenvalue weighted by atomic mass is 16.3. The molecule has 3 rings (SSSR count). The molecule has 0 amide bonds. The number of rotatable bonds is 4. The van der Waals surface area contributed by atoms with E-state index < -0.39 is 0 Å². The van der Waals surface area contributed by atoms with E-state index in [1.54, 1.807) is 0 Å². The Morgan fingerprint density at radius 3 is 2.81 bits per heavy atom. The van der Waals surface area contributed by atoms with Crippen molar-refractivity contribution in [3.8, 4) is 0 Å². The van der Waals surface area contributed by atoms with Crippen LogP contribution in [-0.2, 0) is 13.1 Å². The summed E-state index contributed by atoms with van der Waals surface area (Å²) in [5.41, 5.74) is 0. The van der Waals surface area contributed by atoms with Gasteiger partial charge in [-0.05, 0) is 33.2 Å². The lowest BCUT2D eigenvalue weighted by atomic mass is 10.1. The molecule has 0 spiro atoms. The molecule has 1 fully saturated rings. The first-order valence-electron chi connectivity index (χ1n) is 8.18. The Morgan fingerprint density at radius 2 is 2.10 bits per heavy atom. The highest BCUT2D eigenvalue weighted by Crippen LogP contribution is 2.33. The van der Waals surface area contributed by atoms with Gasteiger partial charge < -0.3 is 9.67 Å². The fourth-order valence-electron chi connectivity index (χ4n) is 3.65. The van der Waals surface area contributed by atoms with Crippen LogP contribution in [0.2, 0.25) is 0 Å². The molecule has 21 heavy (non-hydrogen) atoms. The van der Waals surface area contributed by atoms with Gasteiger partial charge in [-0.15, -0.1) is 10.2 Å². The number of hydrogen-bond donors (Lipinski definition) is 1. The summed E-state index contributed by atoms with van der Waals surface area (Å²) in [7, 11) is 0. The van der Waals surface area contributed by atoms with Crippen LogP contribution in [0, 0.1) is 0 Å². The quantitative estimate of drug-likeness (QED) is 0.898. The van der Waals surface area contributed by atoms with Crippen molar-refractivity contribution in [3.05, 3.63) is 11.6 Å². The summed E-state index contributed by atoms with van der Waals surface area (Å²) in [6.07, 6.45) is 1.71. The van der Waals surface area contributed by atoms with Crippen LogP contribution in [0.4, 0.5) is 0 Å². The number of nitrogens with zero attached hydrogens (tertiary/aromatic N) is 5. The average Bonchev–Trinajstić information content (AvgIpc) is 3.02. The number of aliphatic hydroxyl groups is 1. The Morgan fingerprint density at radius 1 is 1.29 bits per heavy atom. The van der Waals surface area contributed by atoms with Crippen molar-refractivity contribution in [3.63, 3.8) is 0 Å². The summed E-state index contributed by atoms with van der Waals surface area (Å²) >= 11 is 0. The molecular formula is C15H27N5O. The standard InChI is InChI=1S/C15H27N5O/c1-4-5-18-6-7-19-14(10-18)16-17-15(19)13-8-12(21)9-20(13)11(2)3/h11-13,21H,4-10H2,1-3H3/t12-,13-/m0/s1. The van der Waals surface area contributed by atoms with Gasteiger partial charge in [0.05, 0.1) is 18.7 Å². The van der Waals surface area contributed by atoms with Gasteiger partial charge in [-0.2, -0.15) is 0 Å². The molecule has 2 aliphatic rings. The van der Waals surface area contributed by atoms with Gasteiger partial charge in [-0.3, -0.25) is 9.80 Å². The minimum absolute atomic E-state index is 0.207. The lowest BCUT2D eigenvalue weighted by molar-refractivity contribution is 0.155. The summed E-state index contributed by atoms with van der Waals surface area (Å²) in [5.74, 6) is 2.13. The summed E-state index contributed by atoms with van der Waals surface area (Å²) in [6, 6.07) is 0.624. The normalized spacial score (nSPS) is 27.5. The number of β-amino-alcohol motifs (C(OH)–C–C–N with tert-alkyl or cyclic N) is 1. The van der Waals surface area contributed by atoms with Crippen molar-refractivity contribution in [1.29, 1.82) is 0 Å². The van der Waals surface area contributed by atoms with Crippen molar-refractivity contribution in [1.82, 2.24) is 24.6 Å². The largest absolute Gasteiger partial charge is 0.392 e. The Hall–Kier alpha value is -0.980. The monoisotopic (exact) mass is 293 g/mol. The second-order valence-corrected chi connectivity index (χ2v) is 6.60. The second kappa shape index (κ2) is 6.02. The summed E-state index contributed by atoms with van der Waals surface area (Å²) < 4.78 is 2.28. The maximum Gasteiger partial charge on any atom is 0.150 e. The molecule has 118 valence electrons. The highest BCUT2D eigenvalue weighted by Gasteiger charge is 2.37. The molecule has 1 N–H and O–H groups in total. The van der Waals surface area contributed by atoms with Gasteiger partial charge in [-0.1, -0.05) is 6.92 Å². The number of hydrogen-bond acceptors (Lipinski definition) is 5. The molecule has 6 nitrogen and oxygen atoms in total. The first kappa shape index (κ1) is 14.9. The fourth-order valence-corrected chi connectivity index (χ4v) is 3.65. The smallest absolute Gasteiger partial charge is 0.150 e. The van der Waals surface area contributed by atoms with Gasteiger partial charge in [0.1, 0.15) is 5.82 Å². The number of fused-ring (bicyclic) bond motifs is 1. The molecule has 6 heteroatoms. The maximum atomic E-state index is 10.0. The van der Waals surface area contributed by atoms with Crippen LogP contribution in [0.15, 0.2) is 0 Å². The Bertz CT molecular complexity index is 486. The van der Waals surface area contributed by atoms with E-state index in [9.17, 15) is 5.11 Å². The van der Waals surface area contributed by atoms with E-state index in [0.29, 0.717) is 6.04 Å². The predicted molar refractivity (Wildman–Crippen MR) is 80.8 cm³/mol. The molecule has 1 aromatic rings. The van der Waals surface area contributed by atoms with Crippen LogP contribution in [0.25, 0.3) is 0 Å². The van der Waals surface area contributed by atoms with Crippen molar-refractivity contribution < 1.29 is 5.11 Å². The Labute approximate surface area is 126 Å². The fraction of sp³-hybridized carbons (Fsp3) is 0.867. The van der Waals surface area contributed by atoms with E-state index in [-0.39, 0.29) is 12.1 Å². The van der Waals surface area contributed by atoms with Gasteiger partial charge >= 0.3 is 0 Å². The highest BCUT2D eigenvalue weighted by molar-refractivity contribution is 5.07. The third-order valence-corrected chi connectivity index (χ3v) is 4.68. The number of aromatic nitrogens is 3.